The number of anilines is 1. The van der Waals surface area contributed by atoms with Crippen molar-refractivity contribution in [1.82, 2.24) is 15.2 Å². The number of likely N-dealkylation sites (tertiary alicyclic amines) is 1. The number of benzene rings is 1. The molecule has 4 rings (SSSR count). The Hall–Kier alpha value is -2.58. The lowest BCUT2D eigenvalue weighted by atomic mass is 9.97. The van der Waals surface area contributed by atoms with Crippen LogP contribution in [-0.4, -0.2) is 40.7 Å². The summed E-state index contributed by atoms with van der Waals surface area (Å²) in [5.41, 5.74) is 2.45. The standard InChI is InChI=1S/C22H26N4O3S/c1-14-6-8-26(9-7-14)12-18-13-30-22(23-18)25-20(28)16-4-2-15(3-5-16)10-17-11-19(27)24-21(17)29/h2-5,13-14,17H,6-12H2,1H3,(H,23,25,28)(H,24,27,29). The summed E-state index contributed by atoms with van der Waals surface area (Å²) in [6, 6.07) is 7.14. The molecule has 2 N–H and O–H groups in total. The lowest BCUT2D eigenvalue weighted by molar-refractivity contribution is -0.125. The van der Waals surface area contributed by atoms with Crippen molar-refractivity contribution in [1.29, 1.82) is 0 Å². The summed E-state index contributed by atoms with van der Waals surface area (Å²) in [6.45, 7) is 5.32. The smallest absolute Gasteiger partial charge is 0.257 e. The number of hydrogen-bond acceptors (Lipinski definition) is 6. The van der Waals surface area contributed by atoms with Gasteiger partial charge in [-0.2, -0.15) is 0 Å². The van der Waals surface area contributed by atoms with E-state index in [-0.39, 0.29) is 30.1 Å². The summed E-state index contributed by atoms with van der Waals surface area (Å²) in [6.07, 6.45) is 3.17. The molecule has 2 aliphatic rings. The van der Waals surface area contributed by atoms with E-state index in [9.17, 15) is 14.4 Å². The van der Waals surface area contributed by atoms with E-state index < -0.39 is 0 Å². The van der Waals surface area contributed by atoms with E-state index >= 15 is 0 Å². The summed E-state index contributed by atoms with van der Waals surface area (Å²) < 4.78 is 0. The first-order valence-electron chi connectivity index (χ1n) is 10.4. The van der Waals surface area contributed by atoms with Gasteiger partial charge in [0.05, 0.1) is 11.6 Å². The van der Waals surface area contributed by atoms with Gasteiger partial charge in [-0.15, -0.1) is 11.3 Å². The van der Waals surface area contributed by atoms with Crippen molar-refractivity contribution in [2.24, 2.45) is 11.8 Å². The first-order valence-corrected chi connectivity index (χ1v) is 11.2. The van der Waals surface area contributed by atoms with E-state index in [0.29, 0.717) is 17.1 Å². The van der Waals surface area contributed by atoms with Crippen LogP contribution in [0.25, 0.3) is 0 Å². The number of carbonyl (C=O) groups excluding carboxylic acids is 3. The fourth-order valence-electron chi connectivity index (χ4n) is 3.90. The summed E-state index contributed by atoms with van der Waals surface area (Å²) >= 11 is 1.44. The van der Waals surface area contributed by atoms with E-state index in [4.69, 9.17) is 0 Å². The zero-order valence-corrected chi connectivity index (χ0v) is 17.8. The Labute approximate surface area is 179 Å². The Balaban J connectivity index is 1.30. The van der Waals surface area contributed by atoms with Crippen LogP contribution in [0.4, 0.5) is 5.13 Å². The molecule has 0 radical (unpaired) electrons. The molecule has 8 heteroatoms. The normalized spacial score (nSPS) is 20.4. The Kier molecular flexibility index (Phi) is 6.24. The molecular weight excluding hydrogens is 400 g/mol. The molecule has 1 unspecified atom stereocenters. The number of thiazole rings is 1. The van der Waals surface area contributed by atoms with E-state index in [1.807, 2.05) is 17.5 Å². The number of aromatic nitrogens is 1. The van der Waals surface area contributed by atoms with Crippen LogP contribution in [0.15, 0.2) is 29.6 Å². The van der Waals surface area contributed by atoms with Gasteiger partial charge in [0.1, 0.15) is 0 Å². The third-order valence-corrected chi connectivity index (χ3v) is 6.60. The average Bonchev–Trinajstić information content (AvgIpc) is 3.29. The molecule has 3 amide bonds. The van der Waals surface area contributed by atoms with Gasteiger partial charge in [0.25, 0.3) is 5.91 Å². The minimum Gasteiger partial charge on any atom is -0.298 e. The summed E-state index contributed by atoms with van der Waals surface area (Å²) in [5, 5.41) is 7.80. The highest BCUT2D eigenvalue weighted by Gasteiger charge is 2.30. The molecule has 30 heavy (non-hydrogen) atoms. The molecule has 0 spiro atoms. The van der Waals surface area contributed by atoms with Crippen LogP contribution >= 0.6 is 11.3 Å². The maximum Gasteiger partial charge on any atom is 0.257 e. The highest BCUT2D eigenvalue weighted by Crippen LogP contribution is 2.22. The fourth-order valence-corrected chi connectivity index (χ4v) is 4.60. The minimum absolute atomic E-state index is 0.206. The van der Waals surface area contributed by atoms with Crippen molar-refractivity contribution in [3.8, 4) is 0 Å². The average molecular weight is 427 g/mol. The van der Waals surface area contributed by atoms with Crippen LogP contribution in [0.2, 0.25) is 0 Å². The van der Waals surface area contributed by atoms with Crippen molar-refractivity contribution < 1.29 is 14.4 Å². The van der Waals surface area contributed by atoms with Gasteiger partial charge in [-0.1, -0.05) is 19.1 Å². The highest BCUT2D eigenvalue weighted by atomic mass is 32.1. The summed E-state index contributed by atoms with van der Waals surface area (Å²) in [4.78, 5) is 42.5. The second-order valence-electron chi connectivity index (χ2n) is 8.27. The van der Waals surface area contributed by atoms with E-state index in [1.165, 1.54) is 24.2 Å². The van der Waals surface area contributed by atoms with Crippen molar-refractivity contribution in [3.63, 3.8) is 0 Å². The molecule has 1 atom stereocenters. The molecule has 1 aromatic carbocycles. The van der Waals surface area contributed by atoms with Crippen LogP contribution < -0.4 is 10.6 Å². The van der Waals surface area contributed by atoms with Crippen molar-refractivity contribution in [2.75, 3.05) is 18.4 Å². The van der Waals surface area contributed by atoms with Crippen LogP contribution in [0.5, 0.6) is 0 Å². The molecule has 0 bridgehead atoms. The maximum atomic E-state index is 12.5. The second-order valence-corrected chi connectivity index (χ2v) is 9.13. The maximum absolute atomic E-state index is 12.5. The Morgan fingerprint density at radius 3 is 2.63 bits per heavy atom. The van der Waals surface area contributed by atoms with Crippen molar-refractivity contribution in [2.45, 2.75) is 39.2 Å². The van der Waals surface area contributed by atoms with Gasteiger partial charge in [0.2, 0.25) is 11.8 Å². The zero-order chi connectivity index (χ0) is 21.1. The highest BCUT2D eigenvalue weighted by molar-refractivity contribution is 7.14. The second kappa shape index (κ2) is 9.06. The van der Waals surface area contributed by atoms with Crippen LogP contribution in [0.1, 0.15) is 47.8 Å². The number of rotatable bonds is 6. The third kappa shape index (κ3) is 5.12. The summed E-state index contributed by atoms with van der Waals surface area (Å²) in [7, 11) is 0. The van der Waals surface area contributed by atoms with Gasteiger partial charge in [0, 0.05) is 23.9 Å². The number of imide groups is 1. The molecule has 2 fully saturated rings. The lowest BCUT2D eigenvalue weighted by Gasteiger charge is -2.29. The largest absolute Gasteiger partial charge is 0.298 e. The van der Waals surface area contributed by atoms with E-state index in [0.717, 1.165) is 36.8 Å². The molecule has 0 saturated carbocycles. The van der Waals surface area contributed by atoms with E-state index in [1.54, 1.807) is 12.1 Å². The lowest BCUT2D eigenvalue weighted by Crippen LogP contribution is -2.32. The molecule has 0 aliphatic carbocycles. The number of hydrogen-bond donors (Lipinski definition) is 2. The van der Waals surface area contributed by atoms with Gasteiger partial charge < -0.3 is 0 Å². The number of carbonyl (C=O) groups is 3. The minimum atomic E-state index is -0.325. The van der Waals surface area contributed by atoms with Crippen LogP contribution in [0, 0.1) is 11.8 Å². The van der Waals surface area contributed by atoms with Gasteiger partial charge in [-0.05, 0) is 56.0 Å². The number of piperidine rings is 1. The van der Waals surface area contributed by atoms with Crippen molar-refractivity contribution in [3.05, 3.63) is 46.5 Å². The topological polar surface area (TPSA) is 91.4 Å². The predicted octanol–water partition coefficient (Wildman–Crippen LogP) is 2.83. The van der Waals surface area contributed by atoms with Gasteiger partial charge in [-0.3, -0.25) is 29.9 Å². The number of nitrogens with zero attached hydrogens (tertiary/aromatic N) is 2. The predicted molar refractivity (Wildman–Crippen MR) is 115 cm³/mol. The Bertz CT molecular complexity index is 932. The molecule has 2 saturated heterocycles. The molecule has 2 aliphatic heterocycles. The third-order valence-electron chi connectivity index (χ3n) is 5.80. The van der Waals surface area contributed by atoms with Crippen LogP contribution in [0.3, 0.4) is 0 Å². The molecule has 158 valence electrons. The Morgan fingerprint density at radius 1 is 1.23 bits per heavy atom. The quantitative estimate of drug-likeness (QED) is 0.693. The van der Waals surface area contributed by atoms with Gasteiger partial charge >= 0.3 is 0 Å². The first kappa shape index (κ1) is 20.7. The molecule has 1 aromatic heterocycles. The van der Waals surface area contributed by atoms with Crippen molar-refractivity contribution >= 4 is 34.2 Å². The number of nitrogens with one attached hydrogen (secondary N) is 2. The first-order chi connectivity index (χ1) is 14.5. The van der Waals surface area contributed by atoms with E-state index in [2.05, 4.69) is 27.4 Å². The fraction of sp³-hybridized carbons (Fsp3) is 0.455. The zero-order valence-electron chi connectivity index (χ0n) is 17.0. The molecule has 3 heterocycles. The SMILES string of the molecule is CC1CCN(Cc2csc(NC(=O)c3ccc(CC4CC(=O)NC4=O)cc3)n2)CC1. The summed E-state index contributed by atoms with van der Waals surface area (Å²) in [5.74, 6) is -0.174. The number of amides is 3. The molecular formula is C22H26N4O3S. The molecule has 2 aromatic rings. The molecule has 7 nitrogen and oxygen atoms in total. The monoisotopic (exact) mass is 426 g/mol. The van der Waals surface area contributed by atoms with Gasteiger partial charge in [0.15, 0.2) is 5.13 Å². The van der Waals surface area contributed by atoms with Crippen LogP contribution in [-0.2, 0) is 22.6 Å². The van der Waals surface area contributed by atoms with Gasteiger partial charge in [-0.25, -0.2) is 4.98 Å². The Morgan fingerprint density at radius 2 is 1.97 bits per heavy atom.